The lowest BCUT2D eigenvalue weighted by Crippen LogP contribution is -2.45. The molecule has 3 saturated carbocycles. The molecule has 0 amide bonds. The molecule has 3 aliphatic rings. The molecule has 0 aliphatic heterocycles. The number of hydrogen-bond donors (Lipinski definition) is 1. The Kier molecular flexibility index (Phi) is 3.46. The van der Waals surface area contributed by atoms with Gasteiger partial charge in [-0.2, -0.15) is 0 Å². The van der Waals surface area contributed by atoms with Crippen molar-refractivity contribution in [1.29, 1.82) is 0 Å². The molecule has 0 saturated heterocycles. The van der Waals surface area contributed by atoms with Crippen LogP contribution in [0.5, 0.6) is 0 Å². The van der Waals surface area contributed by atoms with E-state index in [1.165, 1.54) is 6.08 Å². The van der Waals surface area contributed by atoms with E-state index in [1.807, 2.05) is 6.08 Å². The summed E-state index contributed by atoms with van der Waals surface area (Å²) in [5.74, 6) is -0.947. The predicted octanol–water partition coefficient (Wildman–Crippen LogP) is 2.53. The van der Waals surface area contributed by atoms with Gasteiger partial charge in [0.05, 0.1) is 12.0 Å². The number of fused-ring (bicyclic) bond motifs is 3. The molecule has 0 heterocycles. The molecule has 3 aliphatic carbocycles. The van der Waals surface area contributed by atoms with Crippen molar-refractivity contribution in [1.82, 2.24) is 0 Å². The Morgan fingerprint density at radius 2 is 1.72 bits per heavy atom. The summed E-state index contributed by atoms with van der Waals surface area (Å²) in [7, 11) is 0. The second-order valence-corrected chi connectivity index (χ2v) is 5.53. The van der Waals surface area contributed by atoms with Gasteiger partial charge in [0.15, 0.2) is 0 Å². The average Bonchev–Trinajstić information content (AvgIpc) is 2.39. The maximum atomic E-state index is 11.3. The number of allylic oxidation sites excluding steroid dienone is 1. The van der Waals surface area contributed by atoms with Crippen LogP contribution in [0.3, 0.4) is 0 Å². The highest BCUT2D eigenvalue weighted by Gasteiger charge is 2.51. The first-order chi connectivity index (χ1) is 8.52. The number of esters is 1. The summed E-state index contributed by atoms with van der Waals surface area (Å²) in [4.78, 5) is 22.6. The van der Waals surface area contributed by atoms with Gasteiger partial charge in [-0.25, -0.2) is 4.79 Å². The zero-order chi connectivity index (χ0) is 13.2. The number of rotatable bonds is 4. The summed E-state index contributed by atoms with van der Waals surface area (Å²) < 4.78 is 4.87. The van der Waals surface area contributed by atoms with E-state index in [4.69, 9.17) is 4.74 Å². The van der Waals surface area contributed by atoms with Crippen molar-refractivity contribution in [2.24, 2.45) is 10.8 Å². The van der Waals surface area contributed by atoms with Gasteiger partial charge in [0.2, 0.25) is 0 Å². The van der Waals surface area contributed by atoms with Crippen LogP contribution < -0.4 is 0 Å². The van der Waals surface area contributed by atoms with E-state index in [-0.39, 0.29) is 11.4 Å². The molecule has 18 heavy (non-hydrogen) atoms. The topological polar surface area (TPSA) is 63.6 Å². The minimum Gasteiger partial charge on any atom is -0.481 e. The molecule has 100 valence electrons. The lowest BCUT2D eigenvalue weighted by Gasteiger charge is -2.50. The number of carboxylic acids is 1. The third-order valence-electron chi connectivity index (χ3n) is 4.62. The Morgan fingerprint density at radius 3 is 2.17 bits per heavy atom. The van der Waals surface area contributed by atoms with Gasteiger partial charge in [0.1, 0.15) is 0 Å². The average molecular weight is 252 g/mol. The van der Waals surface area contributed by atoms with Gasteiger partial charge < -0.3 is 9.84 Å². The lowest BCUT2D eigenvalue weighted by atomic mass is 9.54. The molecule has 2 bridgehead atoms. The van der Waals surface area contributed by atoms with E-state index in [2.05, 4.69) is 0 Å². The van der Waals surface area contributed by atoms with E-state index in [9.17, 15) is 14.7 Å². The first-order valence-corrected chi connectivity index (χ1v) is 6.61. The molecular formula is C14H20O4. The Morgan fingerprint density at radius 1 is 1.17 bits per heavy atom. The molecular weight excluding hydrogens is 232 g/mol. The van der Waals surface area contributed by atoms with Crippen molar-refractivity contribution in [2.75, 3.05) is 6.61 Å². The van der Waals surface area contributed by atoms with Crippen LogP contribution in [0.1, 0.15) is 45.4 Å². The van der Waals surface area contributed by atoms with E-state index in [1.54, 1.807) is 6.92 Å². The SMILES string of the molecule is CCOC(=O)/C=C/C12CCC(C(=O)O)(CC1)CC2. The van der Waals surface area contributed by atoms with Crippen molar-refractivity contribution in [3.05, 3.63) is 12.2 Å². The smallest absolute Gasteiger partial charge is 0.330 e. The second kappa shape index (κ2) is 4.75. The van der Waals surface area contributed by atoms with Crippen molar-refractivity contribution < 1.29 is 19.4 Å². The summed E-state index contributed by atoms with van der Waals surface area (Å²) in [6, 6.07) is 0. The van der Waals surface area contributed by atoms with E-state index < -0.39 is 11.4 Å². The van der Waals surface area contributed by atoms with E-state index in [0.717, 1.165) is 38.5 Å². The maximum Gasteiger partial charge on any atom is 0.330 e. The zero-order valence-electron chi connectivity index (χ0n) is 10.8. The number of aliphatic carboxylic acids is 1. The first-order valence-electron chi connectivity index (χ1n) is 6.61. The third kappa shape index (κ3) is 2.28. The van der Waals surface area contributed by atoms with E-state index in [0.29, 0.717) is 6.61 Å². The van der Waals surface area contributed by atoms with Gasteiger partial charge in [0, 0.05) is 6.08 Å². The predicted molar refractivity (Wildman–Crippen MR) is 66.0 cm³/mol. The molecule has 0 spiro atoms. The number of ether oxygens (including phenoxy) is 1. The van der Waals surface area contributed by atoms with Gasteiger partial charge in [-0.05, 0) is 50.9 Å². The fraction of sp³-hybridized carbons (Fsp3) is 0.714. The Hall–Kier alpha value is -1.32. The minimum atomic E-state index is -0.648. The molecule has 0 unspecified atom stereocenters. The number of hydrogen-bond acceptors (Lipinski definition) is 3. The summed E-state index contributed by atoms with van der Waals surface area (Å²) in [5, 5.41) is 9.29. The van der Waals surface area contributed by atoms with Crippen molar-refractivity contribution >= 4 is 11.9 Å². The van der Waals surface area contributed by atoms with E-state index >= 15 is 0 Å². The molecule has 3 fully saturated rings. The van der Waals surface area contributed by atoms with Gasteiger partial charge in [0.25, 0.3) is 0 Å². The quantitative estimate of drug-likeness (QED) is 0.617. The molecule has 1 N–H and O–H groups in total. The normalized spacial score (nSPS) is 34.7. The van der Waals surface area contributed by atoms with Crippen LogP contribution in [0.25, 0.3) is 0 Å². The number of carbonyl (C=O) groups excluding carboxylic acids is 1. The van der Waals surface area contributed by atoms with Crippen LogP contribution in [-0.4, -0.2) is 23.7 Å². The highest BCUT2D eigenvalue weighted by Crippen LogP contribution is 2.57. The number of carboxylic acid groups (broad SMARTS) is 1. The van der Waals surface area contributed by atoms with Crippen molar-refractivity contribution in [3.8, 4) is 0 Å². The number of carbonyl (C=O) groups is 2. The first kappa shape index (κ1) is 13.1. The summed E-state index contributed by atoms with van der Waals surface area (Å²) >= 11 is 0. The Labute approximate surface area is 107 Å². The summed E-state index contributed by atoms with van der Waals surface area (Å²) in [6.07, 6.45) is 8.28. The highest BCUT2D eigenvalue weighted by atomic mass is 16.5. The molecule has 0 radical (unpaired) electrons. The molecule has 0 atom stereocenters. The molecule has 4 heteroatoms. The van der Waals surface area contributed by atoms with Gasteiger partial charge in [-0.15, -0.1) is 0 Å². The maximum absolute atomic E-state index is 11.3. The minimum absolute atomic E-state index is 0.0317. The van der Waals surface area contributed by atoms with Gasteiger partial charge in [-0.3, -0.25) is 4.79 Å². The molecule has 4 nitrogen and oxygen atoms in total. The van der Waals surface area contributed by atoms with Crippen molar-refractivity contribution in [2.45, 2.75) is 45.4 Å². The highest BCUT2D eigenvalue weighted by molar-refractivity contribution is 5.82. The summed E-state index contributed by atoms with van der Waals surface area (Å²) in [5.41, 5.74) is -0.455. The molecule has 3 rings (SSSR count). The Balaban J connectivity index is 2.01. The van der Waals surface area contributed by atoms with Crippen LogP contribution in [0, 0.1) is 10.8 Å². The molecule has 0 aromatic rings. The fourth-order valence-electron chi connectivity index (χ4n) is 3.22. The monoisotopic (exact) mass is 252 g/mol. The fourth-order valence-corrected chi connectivity index (χ4v) is 3.22. The van der Waals surface area contributed by atoms with Crippen LogP contribution >= 0.6 is 0 Å². The zero-order valence-corrected chi connectivity index (χ0v) is 10.8. The lowest BCUT2D eigenvalue weighted by molar-refractivity contribution is -0.157. The van der Waals surface area contributed by atoms with Crippen LogP contribution in [0.4, 0.5) is 0 Å². The molecule has 0 aromatic carbocycles. The standard InChI is InChI=1S/C14H20O4/c1-2-18-11(15)3-4-13-5-8-14(9-6-13,10-7-13)12(16)17/h3-4H,2,5-10H2,1H3,(H,16,17)/b4-3+. The van der Waals surface area contributed by atoms with Crippen LogP contribution in [0.15, 0.2) is 12.2 Å². The summed E-state index contributed by atoms with van der Waals surface area (Å²) in [6.45, 7) is 2.17. The van der Waals surface area contributed by atoms with Crippen LogP contribution in [0.2, 0.25) is 0 Å². The molecule has 0 aromatic heterocycles. The second-order valence-electron chi connectivity index (χ2n) is 5.53. The van der Waals surface area contributed by atoms with Gasteiger partial charge >= 0.3 is 11.9 Å². The van der Waals surface area contributed by atoms with Gasteiger partial charge in [-0.1, -0.05) is 6.08 Å². The Bertz CT molecular complexity index is 359. The largest absolute Gasteiger partial charge is 0.481 e. The van der Waals surface area contributed by atoms with Crippen molar-refractivity contribution in [3.63, 3.8) is 0 Å². The van der Waals surface area contributed by atoms with Crippen LogP contribution in [-0.2, 0) is 14.3 Å². The third-order valence-corrected chi connectivity index (χ3v) is 4.62.